The number of halogens is 1. The van der Waals surface area contributed by atoms with E-state index < -0.39 is 34.3 Å². The number of hydrogen-bond donors (Lipinski definition) is 1. The molecule has 0 unspecified atom stereocenters. The van der Waals surface area contributed by atoms with Gasteiger partial charge in [0.15, 0.2) is 5.75 Å². The molecule has 20 heavy (non-hydrogen) atoms. The first-order valence-electron chi connectivity index (χ1n) is 5.31. The molecule has 0 aliphatic rings. The fourth-order valence-electron chi connectivity index (χ4n) is 1.37. The summed E-state index contributed by atoms with van der Waals surface area (Å²) >= 11 is 5.68. The van der Waals surface area contributed by atoms with Gasteiger partial charge in [0.2, 0.25) is 10.0 Å². The van der Waals surface area contributed by atoms with Crippen LogP contribution >= 0.6 is 11.6 Å². The van der Waals surface area contributed by atoms with Crippen LogP contribution in [0.5, 0.6) is 0 Å². The average Bonchev–Trinajstić information content (AvgIpc) is 2.36. The zero-order valence-electron chi connectivity index (χ0n) is 10.4. The first kappa shape index (κ1) is 16.3. The highest BCUT2D eigenvalue weighted by Gasteiger charge is 2.28. The second-order valence-electron chi connectivity index (χ2n) is 3.71. The number of anilines is 1. The zero-order valence-corrected chi connectivity index (χ0v) is 12.0. The van der Waals surface area contributed by atoms with E-state index in [-0.39, 0.29) is 5.69 Å². The van der Waals surface area contributed by atoms with Crippen LogP contribution in [0.2, 0.25) is 5.02 Å². The molecule has 9 heteroatoms. The number of rotatable bonds is 6. The fraction of sp³-hybridized carbons (Fsp3) is 0.273. The van der Waals surface area contributed by atoms with Crippen LogP contribution in [0.3, 0.4) is 0 Å². The first-order chi connectivity index (χ1) is 9.26. The van der Waals surface area contributed by atoms with Crippen molar-refractivity contribution in [3.63, 3.8) is 0 Å². The number of carboxylic acid groups (broad SMARTS) is 1. The molecule has 0 heterocycles. The Bertz CT molecular complexity index is 598. The van der Waals surface area contributed by atoms with E-state index in [4.69, 9.17) is 16.7 Å². The molecule has 1 aromatic carbocycles. The van der Waals surface area contributed by atoms with Crippen molar-refractivity contribution in [3.8, 4) is 0 Å². The molecule has 0 spiro atoms. The van der Waals surface area contributed by atoms with E-state index >= 15 is 0 Å². The lowest BCUT2D eigenvalue weighted by Crippen LogP contribution is -2.39. The molecular formula is C11H12ClNO6S. The van der Waals surface area contributed by atoms with E-state index in [1.165, 1.54) is 24.3 Å². The number of methoxy groups -OCH3 is 1. The molecule has 110 valence electrons. The molecule has 1 aromatic rings. The number of hydrogen-bond acceptors (Lipinski definition) is 5. The summed E-state index contributed by atoms with van der Waals surface area (Å²) in [7, 11) is -3.12. The molecular weight excluding hydrogens is 310 g/mol. The lowest BCUT2D eigenvalue weighted by atomic mass is 10.3. The minimum absolute atomic E-state index is 0.0979. The number of nitrogens with zero attached hydrogens (tertiary/aromatic N) is 1. The molecule has 0 aliphatic heterocycles. The van der Waals surface area contributed by atoms with Crippen LogP contribution in [0.15, 0.2) is 24.3 Å². The lowest BCUT2D eigenvalue weighted by molar-refractivity contribution is -0.138. The van der Waals surface area contributed by atoms with E-state index in [2.05, 4.69) is 4.74 Å². The van der Waals surface area contributed by atoms with Gasteiger partial charge in [-0.25, -0.2) is 8.42 Å². The smallest absolute Gasteiger partial charge is 0.324 e. The second kappa shape index (κ2) is 6.58. The molecule has 0 atom stereocenters. The monoisotopic (exact) mass is 321 g/mol. The third-order valence-electron chi connectivity index (χ3n) is 2.26. The lowest BCUT2D eigenvalue weighted by Gasteiger charge is -2.22. The summed E-state index contributed by atoms with van der Waals surface area (Å²) in [6.07, 6.45) is 0. The molecule has 0 saturated carbocycles. The molecule has 1 rings (SSSR count). The van der Waals surface area contributed by atoms with E-state index in [1.807, 2.05) is 0 Å². The van der Waals surface area contributed by atoms with Gasteiger partial charge in [-0.3, -0.25) is 13.9 Å². The predicted octanol–water partition coefficient (Wildman–Crippen LogP) is 0.734. The second-order valence-corrected chi connectivity index (χ2v) is 6.04. The standard InChI is InChI=1S/C11H12ClNO6S/c1-19-11(16)7-20(17,18)13(6-10(14)15)9-4-2-8(12)3-5-9/h2-5H,6-7H2,1H3,(H,14,15). The summed E-state index contributed by atoms with van der Waals surface area (Å²) in [5.74, 6) is -3.28. The Kier molecular flexibility index (Phi) is 5.34. The Morgan fingerprint density at radius 2 is 1.85 bits per heavy atom. The van der Waals surface area contributed by atoms with Crippen molar-refractivity contribution in [1.29, 1.82) is 0 Å². The molecule has 0 amide bonds. The molecule has 1 N–H and O–H groups in total. The van der Waals surface area contributed by atoms with E-state index in [0.29, 0.717) is 9.33 Å². The Morgan fingerprint density at radius 1 is 1.30 bits per heavy atom. The van der Waals surface area contributed by atoms with Gasteiger partial charge in [0, 0.05) is 5.02 Å². The molecule has 0 radical (unpaired) electrons. The third kappa shape index (κ3) is 4.39. The summed E-state index contributed by atoms with van der Waals surface area (Å²) in [6.45, 7) is -0.805. The van der Waals surface area contributed by atoms with Gasteiger partial charge < -0.3 is 9.84 Å². The number of benzene rings is 1. The minimum atomic E-state index is -4.16. The van der Waals surface area contributed by atoms with Crippen molar-refractivity contribution < 1.29 is 27.9 Å². The summed E-state index contributed by atoms with van der Waals surface area (Å²) in [6, 6.07) is 5.53. The van der Waals surface area contributed by atoms with Gasteiger partial charge in [0.05, 0.1) is 12.8 Å². The number of carboxylic acids is 1. The maximum absolute atomic E-state index is 12.0. The minimum Gasteiger partial charge on any atom is -0.480 e. The van der Waals surface area contributed by atoms with Crippen LogP contribution in [0, 0.1) is 0 Å². The number of aliphatic carboxylic acids is 1. The Hall–Kier alpha value is -1.80. The summed E-state index contributed by atoms with van der Waals surface area (Å²) < 4.78 is 29.0. The average molecular weight is 322 g/mol. The number of sulfonamides is 1. The van der Waals surface area contributed by atoms with Crippen LogP contribution in [0.1, 0.15) is 0 Å². The molecule has 0 bridgehead atoms. The summed E-state index contributed by atoms with van der Waals surface area (Å²) in [5, 5.41) is 9.18. The highest BCUT2D eigenvalue weighted by atomic mass is 35.5. The van der Waals surface area contributed by atoms with E-state index in [1.54, 1.807) is 0 Å². The van der Waals surface area contributed by atoms with E-state index in [9.17, 15) is 18.0 Å². The quantitative estimate of drug-likeness (QED) is 0.775. The largest absolute Gasteiger partial charge is 0.480 e. The third-order valence-corrected chi connectivity index (χ3v) is 4.12. The summed E-state index contributed by atoms with van der Waals surface area (Å²) in [5.41, 5.74) is 0.0979. The Labute approximate surface area is 120 Å². The molecule has 0 fully saturated rings. The van der Waals surface area contributed by atoms with Gasteiger partial charge in [0.1, 0.15) is 6.54 Å². The van der Waals surface area contributed by atoms with Crippen molar-refractivity contribution in [2.24, 2.45) is 0 Å². The predicted molar refractivity (Wildman–Crippen MR) is 72.2 cm³/mol. The first-order valence-corrected chi connectivity index (χ1v) is 7.29. The molecule has 0 aromatic heterocycles. The number of carbonyl (C=O) groups is 2. The van der Waals surface area contributed by atoms with Crippen molar-refractivity contribution in [2.75, 3.05) is 23.7 Å². The Balaban J connectivity index is 3.15. The molecule has 7 nitrogen and oxygen atoms in total. The van der Waals surface area contributed by atoms with Crippen molar-refractivity contribution in [2.45, 2.75) is 0 Å². The van der Waals surface area contributed by atoms with Crippen molar-refractivity contribution in [3.05, 3.63) is 29.3 Å². The number of carbonyl (C=O) groups excluding carboxylic acids is 1. The maximum Gasteiger partial charge on any atom is 0.324 e. The van der Waals surface area contributed by atoms with Crippen LogP contribution < -0.4 is 4.31 Å². The normalized spacial score (nSPS) is 10.9. The summed E-state index contributed by atoms with van der Waals surface area (Å²) in [4.78, 5) is 21.9. The van der Waals surface area contributed by atoms with E-state index in [0.717, 1.165) is 7.11 Å². The van der Waals surface area contributed by atoms with Gasteiger partial charge in [0.25, 0.3) is 0 Å². The highest BCUT2D eigenvalue weighted by molar-refractivity contribution is 7.93. The molecule has 0 aliphatic carbocycles. The van der Waals surface area contributed by atoms with Gasteiger partial charge in [-0.05, 0) is 24.3 Å². The Morgan fingerprint density at radius 3 is 2.30 bits per heavy atom. The van der Waals surface area contributed by atoms with Crippen molar-refractivity contribution >= 4 is 39.3 Å². The highest BCUT2D eigenvalue weighted by Crippen LogP contribution is 2.21. The van der Waals surface area contributed by atoms with Crippen LogP contribution in [0.25, 0.3) is 0 Å². The van der Waals surface area contributed by atoms with Crippen LogP contribution in [-0.2, 0) is 24.3 Å². The number of esters is 1. The van der Waals surface area contributed by atoms with Gasteiger partial charge in [-0.2, -0.15) is 0 Å². The maximum atomic E-state index is 12.0. The fourth-order valence-corrected chi connectivity index (χ4v) is 2.81. The van der Waals surface area contributed by atoms with Gasteiger partial charge in [-0.15, -0.1) is 0 Å². The van der Waals surface area contributed by atoms with Crippen molar-refractivity contribution in [1.82, 2.24) is 0 Å². The zero-order chi connectivity index (χ0) is 15.3. The molecule has 0 saturated heterocycles. The topological polar surface area (TPSA) is 101 Å². The van der Waals surface area contributed by atoms with Gasteiger partial charge >= 0.3 is 11.9 Å². The number of ether oxygens (including phenoxy) is 1. The van der Waals surface area contributed by atoms with Gasteiger partial charge in [-0.1, -0.05) is 11.6 Å². The van der Waals surface area contributed by atoms with Crippen LogP contribution in [-0.4, -0.2) is 44.9 Å². The SMILES string of the molecule is COC(=O)CS(=O)(=O)N(CC(=O)O)c1ccc(Cl)cc1. The van der Waals surface area contributed by atoms with Crippen LogP contribution in [0.4, 0.5) is 5.69 Å².